The van der Waals surface area contributed by atoms with Gasteiger partial charge >= 0.3 is 0 Å². The number of nitrogens with one attached hydrogen (secondary N) is 1. The number of benzene rings is 1. The largest absolute Gasteiger partial charge is 0.772 e. The van der Waals surface area contributed by atoms with Crippen LogP contribution < -0.4 is 5.48 Å². The van der Waals surface area contributed by atoms with Crippen LogP contribution in [0.5, 0.6) is 0 Å². The molecule has 0 radical (unpaired) electrons. The van der Waals surface area contributed by atoms with Gasteiger partial charge in [0.2, 0.25) is 11.8 Å². The van der Waals surface area contributed by atoms with Crippen molar-refractivity contribution >= 4 is 28.1 Å². The van der Waals surface area contributed by atoms with Crippen molar-refractivity contribution in [2.45, 2.75) is 19.9 Å². The van der Waals surface area contributed by atoms with E-state index >= 15 is 0 Å². The Balaban J connectivity index is 1.75. The first-order valence-electron chi connectivity index (χ1n) is 7.80. The number of aryl methyl sites for hydroxylation is 1. The second-order valence-electron chi connectivity index (χ2n) is 6.18. The van der Waals surface area contributed by atoms with Gasteiger partial charge in [-0.25, -0.2) is 10.5 Å². The minimum Gasteiger partial charge on any atom is -0.772 e. The first-order chi connectivity index (χ1) is 12.4. The molecule has 0 saturated heterocycles. The summed E-state index contributed by atoms with van der Waals surface area (Å²) in [6.45, 7) is 1.75. The highest BCUT2D eigenvalue weighted by Crippen LogP contribution is 2.26. The van der Waals surface area contributed by atoms with Crippen molar-refractivity contribution in [2.24, 2.45) is 5.41 Å². The minimum atomic E-state index is -2.43. The van der Waals surface area contributed by atoms with Crippen LogP contribution in [0.3, 0.4) is 0 Å². The molecule has 1 amide bonds. The van der Waals surface area contributed by atoms with Gasteiger partial charge in [0.1, 0.15) is 5.52 Å². The summed E-state index contributed by atoms with van der Waals surface area (Å²) in [4.78, 5) is 16.2. The van der Waals surface area contributed by atoms with E-state index in [0.717, 1.165) is 5.52 Å². The SMILES string of the molecule is C[C@](CCn1cc(-c2nc3ccccc3o2)cn1)(CS(=O)[O-])C(=O)NO. The van der Waals surface area contributed by atoms with Crippen molar-refractivity contribution in [1.82, 2.24) is 20.2 Å². The predicted molar refractivity (Wildman–Crippen MR) is 91.7 cm³/mol. The molecule has 0 aliphatic carbocycles. The number of carbonyl (C=O) groups excluding carboxylic acids is 1. The number of nitrogens with zero attached hydrogens (tertiary/aromatic N) is 3. The van der Waals surface area contributed by atoms with Crippen molar-refractivity contribution in [1.29, 1.82) is 0 Å². The van der Waals surface area contributed by atoms with Crippen LogP contribution in [-0.4, -0.2) is 40.4 Å². The molecule has 26 heavy (non-hydrogen) atoms. The molecular formula is C16H17N4O5S-. The van der Waals surface area contributed by atoms with Gasteiger partial charge in [-0.1, -0.05) is 23.2 Å². The monoisotopic (exact) mass is 377 g/mol. The number of para-hydroxylation sites is 2. The summed E-state index contributed by atoms with van der Waals surface area (Å²) in [5.74, 6) is -0.736. The van der Waals surface area contributed by atoms with Crippen molar-refractivity contribution < 1.29 is 23.2 Å². The number of amides is 1. The molecular weight excluding hydrogens is 360 g/mol. The van der Waals surface area contributed by atoms with Gasteiger partial charge in [0.05, 0.1) is 17.2 Å². The van der Waals surface area contributed by atoms with E-state index in [2.05, 4.69) is 10.1 Å². The van der Waals surface area contributed by atoms with Crippen LogP contribution >= 0.6 is 0 Å². The van der Waals surface area contributed by atoms with Gasteiger partial charge < -0.3 is 8.97 Å². The summed E-state index contributed by atoms with van der Waals surface area (Å²) < 4.78 is 29.3. The Labute approximate surface area is 151 Å². The maximum Gasteiger partial charge on any atom is 0.250 e. The fraction of sp³-hybridized carbons (Fsp3) is 0.312. The van der Waals surface area contributed by atoms with Crippen LogP contribution in [0.15, 0.2) is 41.1 Å². The van der Waals surface area contributed by atoms with Crippen LogP contribution in [0, 0.1) is 5.41 Å². The van der Waals surface area contributed by atoms with Crippen molar-refractivity contribution in [3.63, 3.8) is 0 Å². The van der Waals surface area contributed by atoms with Gasteiger partial charge in [0.15, 0.2) is 5.58 Å². The number of hydrogen-bond donors (Lipinski definition) is 2. The van der Waals surface area contributed by atoms with Gasteiger partial charge in [0.25, 0.3) is 0 Å². The zero-order valence-corrected chi connectivity index (χ0v) is 14.7. The Morgan fingerprint density at radius 2 is 2.23 bits per heavy atom. The Hall–Kier alpha value is -2.56. The van der Waals surface area contributed by atoms with E-state index in [4.69, 9.17) is 9.62 Å². The number of hydrogen-bond acceptors (Lipinski definition) is 7. The molecule has 3 rings (SSSR count). The Bertz CT molecular complexity index is 920. The van der Waals surface area contributed by atoms with Crippen LogP contribution in [0.2, 0.25) is 0 Å². The molecule has 1 unspecified atom stereocenters. The topological polar surface area (TPSA) is 133 Å². The third-order valence-electron chi connectivity index (χ3n) is 4.15. The van der Waals surface area contributed by atoms with E-state index < -0.39 is 28.2 Å². The first kappa shape index (κ1) is 18.2. The molecule has 1 aromatic carbocycles. The number of hydroxylamine groups is 1. The van der Waals surface area contributed by atoms with Gasteiger partial charge in [0, 0.05) is 18.5 Å². The molecule has 138 valence electrons. The zero-order valence-electron chi connectivity index (χ0n) is 13.9. The van der Waals surface area contributed by atoms with E-state index in [9.17, 15) is 13.6 Å². The molecule has 3 aromatic rings. The second-order valence-corrected chi connectivity index (χ2v) is 7.07. The van der Waals surface area contributed by atoms with Crippen LogP contribution in [0.25, 0.3) is 22.6 Å². The molecule has 0 aliphatic rings. The lowest BCUT2D eigenvalue weighted by atomic mass is 9.88. The van der Waals surface area contributed by atoms with E-state index in [0.29, 0.717) is 17.0 Å². The number of carbonyl (C=O) groups is 1. The molecule has 0 spiro atoms. The molecule has 2 aromatic heterocycles. The molecule has 2 heterocycles. The highest BCUT2D eigenvalue weighted by Gasteiger charge is 2.33. The molecule has 0 aliphatic heterocycles. The molecule has 2 N–H and O–H groups in total. The Morgan fingerprint density at radius 3 is 2.92 bits per heavy atom. The van der Waals surface area contributed by atoms with Gasteiger partial charge in [-0.2, -0.15) is 5.10 Å². The standard InChI is InChI=1S/C16H18N4O5S/c1-16(10-26(23)24,15(21)19-22)6-7-20-9-11(8-17-20)14-18-12-4-2-3-5-13(12)25-14/h2-5,8-9,22H,6-7,10H2,1H3,(H,19,21)(H,23,24)/p-1/t16-/m0/s1. The van der Waals surface area contributed by atoms with Crippen LogP contribution in [0.1, 0.15) is 13.3 Å². The van der Waals surface area contributed by atoms with Crippen molar-refractivity contribution in [2.75, 3.05) is 5.75 Å². The van der Waals surface area contributed by atoms with Crippen molar-refractivity contribution in [3.05, 3.63) is 36.7 Å². The second kappa shape index (κ2) is 7.36. The van der Waals surface area contributed by atoms with Gasteiger partial charge in [-0.15, -0.1) is 0 Å². The average molecular weight is 377 g/mol. The quantitative estimate of drug-likeness (QED) is 0.362. The van der Waals surface area contributed by atoms with E-state index in [-0.39, 0.29) is 13.0 Å². The van der Waals surface area contributed by atoms with Gasteiger partial charge in [-0.05, 0) is 25.5 Å². The molecule has 0 saturated carbocycles. The highest BCUT2D eigenvalue weighted by atomic mass is 32.2. The third-order valence-corrected chi connectivity index (χ3v) is 5.03. The highest BCUT2D eigenvalue weighted by molar-refractivity contribution is 7.79. The third kappa shape index (κ3) is 3.82. The molecule has 0 bridgehead atoms. The lowest BCUT2D eigenvalue weighted by molar-refractivity contribution is -0.138. The summed E-state index contributed by atoms with van der Waals surface area (Å²) in [7, 11) is 0. The molecule has 0 fully saturated rings. The van der Waals surface area contributed by atoms with Crippen LogP contribution in [-0.2, 0) is 22.4 Å². The van der Waals surface area contributed by atoms with E-state index in [1.54, 1.807) is 17.1 Å². The Kier molecular flexibility index (Phi) is 5.16. The lowest BCUT2D eigenvalue weighted by Gasteiger charge is -2.27. The maximum absolute atomic E-state index is 11.8. The predicted octanol–water partition coefficient (Wildman–Crippen LogP) is 1.47. The van der Waals surface area contributed by atoms with Crippen molar-refractivity contribution in [3.8, 4) is 11.5 Å². The lowest BCUT2D eigenvalue weighted by Crippen LogP contribution is -2.42. The smallest absolute Gasteiger partial charge is 0.250 e. The summed E-state index contributed by atoms with van der Waals surface area (Å²) in [6.07, 6.45) is 3.46. The molecule has 9 nitrogen and oxygen atoms in total. The minimum absolute atomic E-state index is 0.169. The summed E-state index contributed by atoms with van der Waals surface area (Å²) in [5, 5.41) is 13.1. The fourth-order valence-corrected chi connectivity index (χ4v) is 3.40. The number of oxazole rings is 1. The zero-order chi connectivity index (χ0) is 18.7. The van der Waals surface area contributed by atoms with E-state index in [1.807, 2.05) is 24.3 Å². The van der Waals surface area contributed by atoms with Crippen LogP contribution in [0.4, 0.5) is 0 Å². The first-order valence-corrected chi connectivity index (χ1v) is 9.04. The number of rotatable bonds is 7. The summed E-state index contributed by atoms with van der Waals surface area (Å²) in [5.41, 5.74) is 2.33. The van der Waals surface area contributed by atoms with Gasteiger partial charge in [-0.3, -0.25) is 18.9 Å². The van der Waals surface area contributed by atoms with E-state index in [1.165, 1.54) is 12.4 Å². The summed E-state index contributed by atoms with van der Waals surface area (Å²) in [6, 6.07) is 7.38. The number of aromatic nitrogens is 3. The fourth-order valence-electron chi connectivity index (χ4n) is 2.60. The molecule has 2 atom stereocenters. The maximum atomic E-state index is 11.8. The summed E-state index contributed by atoms with van der Waals surface area (Å²) >= 11 is -2.43. The molecule has 10 heteroatoms. The average Bonchev–Trinajstić information content (AvgIpc) is 3.25. The number of fused-ring (bicyclic) bond motifs is 1. The normalized spacial score (nSPS) is 14.9. The Morgan fingerprint density at radius 1 is 1.46 bits per heavy atom.